The second-order valence-electron chi connectivity index (χ2n) is 6.83. The van der Waals surface area contributed by atoms with Gasteiger partial charge in [-0.05, 0) is 50.0 Å². The number of piperazine rings is 1. The van der Waals surface area contributed by atoms with Crippen molar-refractivity contribution in [3.05, 3.63) is 58.6 Å². The first-order chi connectivity index (χ1) is 13.5. The smallest absolute Gasteiger partial charge is 0.257 e. The maximum atomic E-state index is 12.4. The van der Waals surface area contributed by atoms with E-state index < -0.39 is 0 Å². The van der Waals surface area contributed by atoms with Crippen molar-refractivity contribution < 1.29 is 4.79 Å². The second kappa shape index (κ2) is 9.37. The van der Waals surface area contributed by atoms with Gasteiger partial charge in [-0.1, -0.05) is 42.3 Å². The first-order valence-electron chi connectivity index (χ1n) is 9.42. The number of halogens is 1. The zero-order valence-corrected chi connectivity index (χ0v) is 17.7. The van der Waals surface area contributed by atoms with Crippen LogP contribution < -0.4 is 15.5 Å². The lowest BCUT2D eigenvalue weighted by molar-refractivity contribution is 0.0977. The summed E-state index contributed by atoms with van der Waals surface area (Å²) in [7, 11) is 0. The molecule has 7 heteroatoms. The first kappa shape index (κ1) is 20.6. The largest absolute Gasteiger partial charge is 0.366 e. The molecule has 1 amide bonds. The molecule has 1 saturated heterocycles. The Balaban J connectivity index is 1.70. The van der Waals surface area contributed by atoms with Gasteiger partial charge in [0.15, 0.2) is 5.11 Å². The maximum absolute atomic E-state index is 12.4. The number of thiocarbonyl (C=S) groups is 1. The van der Waals surface area contributed by atoms with E-state index in [1.54, 1.807) is 12.1 Å². The number of nitrogens with one attached hydrogen (secondary N) is 2. The Morgan fingerprint density at radius 1 is 1.11 bits per heavy atom. The standard InChI is InChI=1S/C21H25ClN4OS/c1-3-25-11-13-26(14-12-25)19-17(22)5-4-6-18(19)23-21(28)24-20(27)16-9-7-15(2)8-10-16/h4-10H,3,11-14H2,1-2H3,(H2,23,24,27,28). The molecule has 1 aliphatic rings. The molecule has 5 nitrogen and oxygen atoms in total. The molecule has 0 saturated carbocycles. The van der Waals surface area contributed by atoms with Crippen LogP contribution in [0.15, 0.2) is 42.5 Å². The van der Waals surface area contributed by atoms with E-state index in [1.165, 1.54) is 0 Å². The molecule has 0 unspecified atom stereocenters. The molecule has 0 atom stereocenters. The SMILES string of the molecule is CCN1CCN(c2c(Cl)cccc2NC(=S)NC(=O)c2ccc(C)cc2)CC1. The number of carbonyl (C=O) groups is 1. The minimum Gasteiger partial charge on any atom is -0.366 e. The number of para-hydroxylation sites is 1. The van der Waals surface area contributed by atoms with Crippen LogP contribution in [-0.4, -0.2) is 48.6 Å². The molecular weight excluding hydrogens is 392 g/mol. The molecule has 0 aliphatic carbocycles. The van der Waals surface area contributed by atoms with Gasteiger partial charge < -0.3 is 15.1 Å². The molecule has 1 fully saturated rings. The van der Waals surface area contributed by atoms with Crippen LogP contribution in [0.5, 0.6) is 0 Å². The van der Waals surface area contributed by atoms with Gasteiger partial charge >= 0.3 is 0 Å². The third-order valence-electron chi connectivity index (χ3n) is 4.91. The van der Waals surface area contributed by atoms with Crippen LogP contribution in [0.1, 0.15) is 22.8 Å². The van der Waals surface area contributed by atoms with Crippen molar-refractivity contribution in [1.82, 2.24) is 10.2 Å². The molecular formula is C21H25ClN4OS. The molecule has 1 heterocycles. The number of nitrogens with zero attached hydrogens (tertiary/aromatic N) is 2. The highest BCUT2D eigenvalue weighted by atomic mass is 35.5. The number of amides is 1. The summed E-state index contributed by atoms with van der Waals surface area (Å²) in [5.41, 5.74) is 3.39. The van der Waals surface area contributed by atoms with Crippen LogP contribution in [0.25, 0.3) is 0 Å². The number of hydrogen-bond donors (Lipinski definition) is 2. The lowest BCUT2D eigenvalue weighted by atomic mass is 10.1. The quantitative estimate of drug-likeness (QED) is 0.740. The number of aryl methyl sites for hydroxylation is 1. The van der Waals surface area contributed by atoms with Gasteiger partial charge in [0, 0.05) is 31.7 Å². The third-order valence-corrected chi connectivity index (χ3v) is 5.42. The number of anilines is 2. The Hall–Kier alpha value is -2.15. The number of carbonyl (C=O) groups excluding carboxylic acids is 1. The molecule has 0 bridgehead atoms. The Morgan fingerprint density at radius 3 is 2.43 bits per heavy atom. The summed E-state index contributed by atoms with van der Waals surface area (Å²) >= 11 is 11.9. The Labute approximate surface area is 176 Å². The zero-order chi connectivity index (χ0) is 20.1. The van der Waals surface area contributed by atoms with Gasteiger partial charge in [0.25, 0.3) is 5.91 Å². The summed E-state index contributed by atoms with van der Waals surface area (Å²) in [4.78, 5) is 17.1. The first-order valence-corrected chi connectivity index (χ1v) is 10.2. The molecule has 2 N–H and O–H groups in total. The Morgan fingerprint density at radius 2 is 1.79 bits per heavy atom. The average Bonchev–Trinajstić information content (AvgIpc) is 2.68. The minimum atomic E-state index is -0.238. The predicted octanol–water partition coefficient (Wildman–Crippen LogP) is 3.92. The fourth-order valence-corrected chi connectivity index (χ4v) is 3.76. The van der Waals surface area contributed by atoms with Crippen molar-refractivity contribution in [3.63, 3.8) is 0 Å². The highest BCUT2D eigenvalue weighted by Crippen LogP contribution is 2.34. The summed E-state index contributed by atoms with van der Waals surface area (Å²) in [6, 6.07) is 13.0. The summed E-state index contributed by atoms with van der Waals surface area (Å²) in [5.74, 6) is -0.238. The van der Waals surface area contributed by atoms with Crippen molar-refractivity contribution in [2.45, 2.75) is 13.8 Å². The minimum absolute atomic E-state index is 0.238. The van der Waals surface area contributed by atoms with Crippen LogP contribution >= 0.6 is 23.8 Å². The van der Waals surface area contributed by atoms with E-state index in [0.29, 0.717) is 10.6 Å². The molecule has 28 heavy (non-hydrogen) atoms. The van der Waals surface area contributed by atoms with E-state index >= 15 is 0 Å². The van der Waals surface area contributed by atoms with E-state index in [1.807, 2.05) is 37.3 Å². The van der Waals surface area contributed by atoms with Gasteiger partial charge in [0.2, 0.25) is 0 Å². The van der Waals surface area contributed by atoms with Crippen molar-refractivity contribution in [2.75, 3.05) is 42.9 Å². The lowest BCUT2D eigenvalue weighted by Crippen LogP contribution is -2.46. The molecule has 0 spiro atoms. The predicted molar refractivity (Wildman–Crippen MR) is 121 cm³/mol. The van der Waals surface area contributed by atoms with Crippen molar-refractivity contribution in [3.8, 4) is 0 Å². The summed E-state index contributed by atoms with van der Waals surface area (Å²) in [6.07, 6.45) is 0. The fraction of sp³-hybridized carbons (Fsp3) is 0.333. The maximum Gasteiger partial charge on any atom is 0.257 e. The van der Waals surface area contributed by atoms with E-state index in [0.717, 1.165) is 49.7 Å². The van der Waals surface area contributed by atoms with Gasteiger partial charge in [-0.15, -0.1) is 0 Å². The van der Waals surface area contributed by atoms with E-state index in [-0.39, 0.29) is 11.0 Å². The van der Waals surface area contributed by atoms with Crippen molar-refractivity contribution in [1.29, 1.82) is 0 Å². The van der Waals surface area contributed by atoms with Crippen LogP contribution in [0, 0.1) is 6.92 Å². The highest BCUT2D eigenvalue weighted by Gasteiger charge is 2.21. The molecule has 3 rings (SSSR count). The van der Waals surface area contributed by atoms with E-state index in [2.05, 4.69) is 27.4 Å². The van der Waals surface area contributed by atoms with Gasteiger partial charge in [0.1, 0.15) is 0 Å². The van der Waals surface area contributed by atoms with Gasteiger partial charge in [-0.2, -0.15) is 0 Å². The van der Waals surface area contributed by atoms with Crippen LogP contribution in [0.3, 0.4) is 0 Å². The van der Waals surface area contributed by atoms with Crippen LogP contribution in [0.2, 0.25) is 5.02 Å². The van der Waals surface area contributed by atoms with E-state index in [9.17, 15) is 4.79 Å². The van der Waals surface area contributed by atoms with Crippen LogP contribution in [-0.2, 0) is 0 Å². The molecule has 2 aromatic carbocycles. The summed E-state index contributed by atoms with van der Waals surface area (Å²) in [6.45, 7) is 8.99. The second-order valence-corrected chi connectivity index (χ2v) is 7.65. The number of hydrogen-bond acceptors (Lipinski definition) is 4. The van der Waals surface area contributed by atoms with Crippen molar-refractivity contribution >= 4 is 46.2 Å². The molecule has 1 aliphatic heterocycles. The van der Waals surface area contributed by atoms with Crippen molar-refractivity contribution in [2.24, 2.45) is 0 Å². The topological polar surface area (TPSA) is 47.6 Å². The average molecular weight is 417 g/mol. The highest BCUT2D eigenvalue weighted by molar-refractivity contribution is 7.80. The zero-order valence-electron chi connectivity index (χ0n) is 16.2. The normalized spacial score (nSPS) is 14.6. The molecule has 0 radical (unpaired) electrons. The molecule has 148 valence electrons. The molecule has 2 aromatic rings. The Kier molecular flexibility index (Phi) is 6.88. The monoisotopic (exact) mass is 416 g/mol. The Bertz CT molecular complexity index is 848. The molecule has 0 aromatic heterocycles. The van der Waals surface area contributed by atoms with Gasteiger partial charge in [-0.25, -0.2) is 0 Å². The third kappa shape index (κ3) is 5.01. The summed E-state index contributed by atoms with van der Waals surface area (Å²) in [5, 5.41) is 6.81. The summed E-state index contributed by atoms with van der Waals surface area (Å²) < 4.78 is 0. The number of likely N-dealkylation sites (N-methyl/N-ethyl adjacent to an activating group) is 1. The number of rotatable bonds is 4. The van der Waals surface area contributed by atoms with Gasteiger partial charge in [0.05, 0.1) is 16.4 Å². The fourth-order valence-electron chi connectivity index (χ4n) is 3.26. The van der Waals surface area contributed by atoms with Crippen LogP contribution in [0.4, 0.5) is 11.4 Å². The van der Waals surface area contributed by atoms with Gasteiger partial charge in [-0.3, -0.25) is 10.1 Å². The van der Waals surface area contributed by atoms with E-state index in [4.69, 9.17) is 23.8 Å². The number of benzene rings is 2. The lowest BCUT2D eigenvalue weighted by Gasteiger charge is -2.37.